The lowest BCUT2D eigenvalue weighted by Gasteiger charge is -2.42. The Hall–Kier alpha value is -7.97. The number of imide groups is 1. The Morgan fingerprint density at radius 2 is 1.60 bits per heavy atom. The number of phenols is 2. The number of hydrogen-bond acceptors (Lipinski definition) is 19. The van der Waals surface area contributed by atoms with Crippen LogP contribution in [0.2, 0.25) is 0 Å². The molecule has 3 aromatic carbocycles. The SMILES string of the molecule is COc1cccc2c1C(=O)c1c(O)c3c(c(O)c1C2=O)C[C@@](O)(C(=O)CO)C[C@@H]3O[C@H]1C[C@H](NC(=O)OCc2ccc(NC[C@H](CCCNC(N)=O)NC(=O)[C@@H](NC(=O)CCCCCN3C(=O)C=CC3=O)C(C)C)cc2)[C@H](O)[C@H](C)O1. The molecule has 25 heteroatoms. The Balaban J connectivity index is 0.945. The van der Waals surface area contributed by atoms with E-state index in [0.717, 1.165) is 4.90 Å². The molecule has 1 fully saturated rings. The van der Waals surface area contributed by atoms with Crippen LogP contribution in [0.3, 0.4) is 0 Å². The summed E-state index contributed by atoms with van der Waals surface area (Å²) in [5.41, 5.74) is 2.11. The van der Waals surface area contributed by atoms with E-state index in [-0.39, 0.29) is 90.7 Å². The molecule has 8 atom stereocenters. The summed E-state index contributed by atoms with van der Waals surface area (Å²) in [5, 5.41) is 70.5. The second-order valence-electron chi connectivity index (χ2n) is 20.8. The van der Waals surface area contributed by atoms with E-state index in [1.54, 1.807) is 38.1 Å². The Bertz CT molecular complexity index is 2930. The molecule has 0 saturated carbocycles. The Kier molecular flexibility index (Phi) is 19.9. The number of carbonyl (C=O) groups is 9. The lowest BCUT2D eigenvalue weighted by atomic mass is 9.72. The number of phenolic OH excluding ortho intramolecular Hbond substituents is 2. The Labute approximate surface area is 465 Å². The van der Waals surface area contributed by atoms with Gasteiger partial charge in [0.2, 0.25) is 17.6 Å². The number of methoxy groups -OCH3 is 1. The van der Waals surface area contributed by atoms with Gasteiger partial charge >= 0.3 is 12.1 Å². The average molecular weight is 1130 g/mol. The molecule has 0 aromatic heterocycles. The highest BCUT2D eigenvalue weighted by molar-refractivity contribution is 6.31. The third kappa shape index (κ3) is 14.1. The highest BCUT2D eigenvalue weighted by Crippen LogP contribution is 2.52. The number of fused-ring (bicyclic) bond motifs is 3. The number of aliphatic hydroxyl groups excluding tert-OH is 2. The van der Waals surface area contributed by atoms with Gasteiger partial charge in [-0.25, -0.2) is 9.59 Å². The van der Waals surface area contributed by atoms with Crippen LogP contribution in [-0.4, -0.2) is 159 Å². The number of nitrogens with two attached hydrogens (primary N) is 1. The first-order valence-electron chi connectivity index (χ1n) is 26.7. The predicted octanol–water partition coefficient (Wildman–Crippen LogP) is 1.94. The van der Waals surface area contributed by atoms with Crippen LogP contribution in [0.5, 0.6) is 17.2 Å². The van der Waals surface area contributed by atoms with Gasteiger partial charge in [0, 0.05) is 85.9 Å². The molecule has 0 radical (unpaired) electrons. The molecule has 7 amide bonds. The van der Waals surface area contributed by atoms with Crippen molar-refractivity contribution in [3.63, 3.8) is 0 Å². The first-order chi connectivity index (χ1) is 38.5. The van der Waals surface area contributed by atoms with E-state index in [9.17, 15) is 68.7 Å². The van der Waals surface area contributed by atoms with Gasteiger partial charge in [-0.05, 0) is 62.3 Å². The van der Waals surface area contributed by atoms with Crippen molar-refractivity contribution in [2.75, 3.05) is 38.7 Å². The second kappa shape index (κ2) is 26.5. The van der Waals surface area contributed by atoms with E-state index in [1.165, 1.54) is 44.4 Å². The molecule has 0 unspecified atom stereocenters. The number of rotatable bonds is 25. The number of ketones is 3. The number of ether oxygens (including phenoxy) is 4. The van der Waals surface area contributed by atoms with Crippen LogP contribution in [-0.2, 0) is 51.2 Å². The van der Waals surface area contributed by atoms with Crippen molar-refractivity contribution in [2.24, 2.45) is 11.7 Å². The molecule has 81 heavy (non-hydrogen) atoms. The van der Waals surface area contributed by atoms with Crippen LogP contribution in [0.1, 0.15) is 127 Å². The summed E-state index contributed by atoms with van der Waals surface area (Å²) in [7, 11) is 1.29. The normalized spacial score (nSPS) is 21.8. The van der Waals surface area contributed by atoms with Gasteiger partial charge in [0.05, 0.1) is 42.0 Å². The molecular weight excluding hydrogens is 1060 g/mol. The smallest absolute Gasteiger partial charge is 0.407 e. The number of anilines is 1. The summed E-state index contributed by atoms with van der Waals surface area (Å²) in [6.07, 6.45) is -2.65. The number of alkyl carbamates (subject to hydrolysis) is 1. The highest BCUT2D eigenvalue weighted by atomic mass is 16.7. The number of aromatic hydroxyl groups is 2. The molecule has 2 heterocycles. The molecule has 25 nitrogen and oxygen atoms in total. The molecule has 2 aliphatic carbocycles. The maximum Gasteiger partial charge on any atom is 0.407 e. The summed E-state index contributed by atoms with van der Waals surface area (Å²) in [5.74, 6) is -6.03. The lowest BCUT2D eigenvalue weighted by Crippen LogP contribution is -2.56. The minimum atomic E-state index is -2.40. The zero-order valence-electron chi connectivity index (χ0n) is 45.3. The van der Waals surface area contributed by atoms with Crippen LogP contribution in [0, 0.1) is 5.92 Å². The van der Waals surface area contributed by atoms with E-state index in [0.29, 0.717) is 43.4 Å². The fourth-order valence-corrected chi connectivity index (χ4v) is 10.4. The molecule has 436 valence electrons. The van der Waals surface area contributed by atoms with Crippen molar-refractivity contribution < 1.29 is 87.6 Å². The fourth-order valence-electron chi connectivity index (χ4n) is 10.4. The number of unbranched alkanes of at least 4 members (excludes halogenated alkanes) is 2. The Morgan fingerprint density at radius 3 is 2.27 bits per heavy atom. The number of nitrogens with zero attached hydrogens (tertiary/aromatic N) is 1. The molecule has 1 saturated heterocycles. The first kappa shape index (κ1) is 60.7. The van der Waals surface area contributed by atoms with E-state index < -0.39 is 126 Å². The topological polar surface area (TPSA) is 381 Å². The van der Waals surface area contributed by atoms with Gasteiger partial charge in [0.1, 0.15) is 48.2 Å². The number of aliphatic hydroxyl groups is 3. The summed E-state index contributed by atoms with van der Waals surface area (Å²) >= 11 is 0. The number of carbonyl (C=O) groups excluding carboxylic acids is 9. The zero-order chi connectivity index (χ0) is 58.9. The van der Waals surface area contributed by atoms with Crippen LogP contribution in [0.15, 0.2) is 54.6 Å². The summed E-state index contributed by atoms with van der Waals surface area (Å²) in [6.45, 7) is 4.50. The van der Waals surface area contributed by atoms with E-state index in [4.69, 9.17) is 24.7 Å². The van der Waals surface area contributed by atoms with E-state index in [1.807, 2.05) is 0 Å². The van der Waals surface area contributed by atoms with Crippen LogP contribution in [0.25, 0.3) is 0 Å². The third-order valence-electron chi connectivity index (χ3n) is 14.8. The van der Waals surface area contributed by atoms with Crippen LogP contribution < -0.4 is 37.1 Å². The van der Waals surface area contributed by atoms with E-state index in [2.05, 4.69) is 26.6 Å². The van der Waals surface area contributed by atoms with Crippen molar-refractivity contribution in [3.05, 3.63) is 93.6 Å². The molecule has 4 aliphatic rings. The minimum Gasteiger partial charge on any atom is -0.507 e. The molecule has 0 bridgehead atoms. The van der Waals surface area contributed by atoms with Gasteiger partial charge in [-0.15, -0.1) is 0 Å². The van der Waals surface area contributed by atoms with Crippen molar-refractivity contribution >= 4 is 58.8 Å². The van der Waals surface area contributed by atoms with Crippen LogP contribution in [0.4, 0.5) is 15.3 Å². The van der Waals surface area contributed by atoms with Gasteiger partial charge in [-0.2, -0.15) is 0 Å². The molecular formula is C56H69N7O18. The number of Topliss-reactive ketones (excluding diaryl/α,β-unsaturated/α-hetero) is 1. The maximum absolute atomic E-state index is 14.1. The standard InChI is InChI=1S/C56H69N7O18/c1-28(2)47(62-39(66)13-6-5-7-21-63-40(67)18-19-41(63)68)53(74)60-32(10-9-20-58-54(57)75)25-59-31-16-14-30(15-17-31)27-79-55(76)61-35-22-42(80-29(3)48(35)69)81-37-24-56(77,38(65)26-64)23-34-44(37)52(73)46-45(50(34)71)49(70)33-11-8-12-36(78-4)43(33)51(46)72/h8,11-12,14-19,28-29,32,35,37,42,47-48,59,64,69,71,73,77H,5-7,9-10,13,20-27H2,1-4H3,(H,60,74)(H,61,76)(H,62,66)(H3,57,58,75)/t29-,32-,35-,37-,42-,47-,48+,56-/m0/s1. The molecule has 0 spiro atoms. The monoisotopic (exact) mass is 1130 g/mol. The third-order valence-corrected chi connectivity index (χ3v) is 14.8. The van der Waals surface area contributed by atoms with Crippen molar-refractivity contribution in [3.8, 4) is 17.2 Å². The minimum absolute atomic E-state index is 0.0305. The van der Waals surface area contributed by atoms with Crippen molar-refractivity contribution in [1.82, 2.24) is 26.2 Å². The molecule has 12 N–H and O–H groups in total. The van der Waals surface area contributed by atoms with Gasteiger partial charge < -0.3 is 76.8 Å². The summed E-state index contributed by atoms with van der Waals surface area (Å²) in [6, 6.07) is 7.98. The number of primary amides is 1. The van der Waals surface area contributed by atoms with Gasteiger partial charge in [0.15, 0.2) is 17.9 Å². The number of amides is 7. The van der Waals surface area contributed by atoms with Crippen LogP contribution >= 0.6 is 0 Å². The first-order valence-corrected chi connectivity index (χ1v) is 26.7. The van der Waals surface area contributed by atoms with Gasteiger partial charge in [-0.1, -0.05) is 44.5 Å². The zero-order valence-corrected chi connectivity index (χ0v) is 45.3. The average Bonchev–Trinajstić information content (AvgIpc) is 3.79. The highest BCUT2D eigenvalue weighted by Gasteiger charge is 2.50. The quantitative estimate of drug-likeness (QED) is 0.0257. The van der Waals surface area contributed by atoms with Crippen molar-refractivity contribution in [1.29, 1.82) is 0 Å². The van der Waals surface area contributed by atoms with Gasteiger partial charge in [0.25, 0.3) is 11.8 Å². The number of benzene rings is 3. The fraction of sp³-hybridized carbons (Fsp3) is 0.482. The van der Waals surface area contributed by atoms with Crippen molar-refractivity contribution in [2.45, 2.75) is 133 Å². The summed E-state index contributed by atoms with van der Waals surface area (Å²) in [4.78, 5) is 117. The lowest BCUT2D eigenvalue weighted by molar-refractivity contribution is -0.249. The number of urea groups is 1. The number of nitrogens with one attached hydrogen (secondary N) is 5. The molecule has 2 aliphatic heterocycles. The maximum atomic E-state index is 14.1. The van der Waals surface area contributed by atoms with E-state index >= 15 is 0 Å². The largest absolute Gasteiger partial charge is 0.507 e. The second-order valence-corrected chi connectivity index (χ2v) is 20.8. The summed E-state index contributed by atoms with van der Waals surface area (Å²) < 4.78 is 23.1. The molecule has 3 aromatic rings. The van der Waals surface area contributed by atoms with Gasteiger partial charge in [-0.3, -0.25) is 38.5 Å². The molecule has 7 rings (SSSR count). The Morgan fingerprint density at radius 1 is 0.901 bits per heavy atom. The number of hydrogen-bond donors (Lipinski definition) is 11. The predicted molar refractivity (Wildman–Crippen MR) is 286 cm³/mol.